The molecule has 1 aliphatic carbocycles. The van der Waals surface area contributed by atoms with Gasteiger partial charge in [-0.2, -0.15) is 5.10 Å². The highest BCUT2D eigenvalue weighted by Gasteiger charge is 2.45. The van der Waals surface area contributed by atoms with E-state index < -0.39 is 11.6 Å². The molecule has 0 saturated heterocycles. The second-order valence-electron chi connectivity index (χ2n) is 5.57. The Bertz CT molecular complexity index is 850. The van der Waals surface area contributed by atoms with Crippen LogP contribution in [0.4, 0.5) is 4.79 Å². The molecule has 1 amide bonds. The molecule has 1 aromatic carbocycles. The molecule has 1 aliphatic rings. The van der Waals surface area contributed by atoms with Gasteiger partial charge in [0.2, 0.25) is 0 Å². The third-order valence-electron chi connectivity index (χ3n) is 4.11. The third-order valence-corrected chi connectivity index (χ3v) is 4.11. The number of benzene rings is 1. The average Bonchev–Trinajstić information content (AvgIpc) is 3.13. The van der Waals surface area contributed by atoms with Crippen LogP contribution in [0.15, 0.2) is 48.9 Å². The largest absolute Gasteiger partial charge is 0.465 e. The highest BCUT2D eigenvalue weighted by molar-refractivity contribution is 5.68. The van der Waals surface area contributed by atoms with E-state index in [1.807, 2.05) is 42.7 Å². The van der Waals surface area contributed by atoms with E-state index in [1.165, 1.54) is 0 Å². The van der Waals surface area contributed by atoms with Crippen molar-refractivity contribution in [1.29, 1.82) is 0 Å². The number of nitrogens with one attached hydrogen (secondary N) is 1. The molecule has 110 valence electrons. The van der Waals surface area contributed by atoms with Crippen LogP contribution in [-0.4, -0.2) is 25.8 Å². The van der Waals surface area contributed by atoms with Crippen molar-refractivity contribution in [3.05, 3.63) is 54.5 Å². The van der Waals surface area contributed by atoms with Gasteiger partial charge in [-0.05, 0) is 24.0 Å². The summed E-state index contributed by atoms with van der Waals surface area (Å²) >= 11 is 0. The van der Waals surface area contributed by atoms with Crippen molar-refractivity contribution in [3.8, 4) is 11.1 Å². The quantitative estimate of drug-likeness (QED) is 0.778. The summed E-state index contributed by atoms with van der Waals surface area (Å²) in [6.45, 7) is 0. The molecule has 2 heterocycles. The minimum absolute atomic E-state index is 0.394. The lowest BCUT2D eigenvalue weighted by atomic mass is 10.0. The van der Waals surface area contributed by atoms with E-state index in [0.717, 1.165) is 35.2 Å². The highest BCUT2D eigenvalue weighted by atomic mass is 16.4. The van der Waals surface area contributed by atoms with Gasteiger partial charge in [-0.25, -0.2) is 14.3 Å². The van der Waals surface area contributed by atoms with Gasteiger partial charge in [-0.15, -0.1) is 0 Å². The van der Waals surface area contributed by atoms with Crippen LogP contribution >= 0.6 is 0 Å². The summed E-state index contributed by atoms with van der Waals surface area (Å²) in [6.07, 6.45) is 6.17. The van der Waals surface area contributed by atoms with Crippen molar-refractivity contribution < 1.29 is 9.90 Å². The zero-order valence-electron chi connectivity index (χ0n) is 11.7. The molecule has 22 heavy (non-hydrogen) atoms. The van der Waals surface area contributed by atoms with Gasteiger partial charge in [0.15, 0.2) is 5.65 Å². The lowest BCUT2D eigenvalue weighted by molar-refractivity contribution is 0.188. The molecule has 0 atom stereocenters. The first kappa shape index (κ1) is 12.8. The van der Waals surface area contributed by atoms with Gasteiger partial charge >= 0.3 is 6.09 Å². The van der Waals surface area contributed by atoms with Crippen molar-refractivity contribution in [1.82, 2.24) is 19.9 Å². The predicted molar refractivity (Wildman–Crippen MR) is 80.5 cm³/mol. The Balaban J connectivity index is 1.65. The summed E-state index contributed by atoms with van der Waals surface area (Å²) in [7, 11) is 0. The smallest absolute Gasteiger partial charge is 0.405 e. The number of nitrogens with zero attached hydrogens (tertiary/aromatic N) is 3. The average molecular weight is 294 g/mol. The van der Waals surface area contributed by atoms with E-state index in [-0.39, 0.29) is 0 Å². The topological polar surface area (TPSA) is 79.5 Å². The molecule has 2 N–H and O–H groups in total. The number of hydrogen-bond donors (Lipinski definition) is 2. The number of hydrogen-bond acceptors (Lipinski definition) is 3. The fourth-order valence-corrected chi connectivity index (χ4v) is 2.76. The van der Waals surface area contributed by atoms with Gasteiger partial charge < -0.3 is 10.4 Å². The summed E-state index contributed by atoms with van der Waals surface area (Å²) in [5.74, 6) is 0. The van der Waals surface area contributed by atoms with Gasteiger partial charge in [-0.1, -0.05) is 24.3 Å². The van der Waals surface area contributed by atoms with E-state index in [4.69, 9.17) is 5.11 Å². The minimum Gasteiger partial charge on any atom is -0.465 e. The maximum Gasteiger partial charge on any atom is 0.405 e. The summed E-state index contributed by atoms with van der Waals surface area (Å²) in [5, 5.41) is 15.7. The van der Waals surface area contributed by atoms with Crippen LogP contribution in [0.2, 0.25) is 0 Å². The second-order valence-corrected chi connectivity index (χ2v) is 5.57. The Hall–Kier alpha value is -2.89. The fraction of sp³-hybridized carbons (Fsp3) is 0.188. The molecule has 0 aliphatic heterocycles. The molecular formula is C16H14N4O2. The van der Waals surface area contributed by atoms with E-state index in [9.17, 15) is 4.79 Å². The summed E-state index contributed by atoms with van der Waals surface area (Å²) in [4.78, 5) is 15.2. The molecule has 2 aromatic heterocycles. The van der Waals surface area contributed by atoms with E-state index in [1.54, 1.807) is 10.7 Å². The van der Waals surface area contributed by atoms with Gasteiger partial charge in [-0.3, -0.25) is 0 Å². The van der Waals surface area contributed by atoms with Gasteiger partial charge in [0.25, 0.3) is 0 Å². The van der Waals surface area contributed by atoms with Crippen molar-refractivity contribution in [2.24, 2.45) is 0 Å². The molecule has 4 rings (SSSR count). The molecule has 0 radical (unpaired) electrons. The van der Waals surface area contributed by atoms with E-state index in [0.29, 0.717) is 0 Å². The van der Waals surface area contributed by atoms with Crippen LogP contribution in [0.3, 0.4) is 0 Å². The lowest BCUT2D eigenvalue weighted by Gasteiger charge is -2.16. The molecule has 1 saturated carbocycles. The Morgan fingerprint density at radius 2 is 1.95 bits per heavy atom. The van der Waals surface area contributed by atoms with Crippen molar-refractivity contribution in [3.63, 3.8) is 0 Å². The Morgan fingerprint density at radius 1 is 1.18 bits per heavy atom. The fourth-order valence-electron chi connectivity index (χ4n) is 2.76. The van der Waals surface area contributed by atoms with Crippen molar-refractivity contribution in [2.75, 3.05) is 0 Å². The van der Waals surface area contributed by atoms with Crippen LogP contribution < -0.4 is 5.32 Å². The molecule has 0 unspecified atom stereocenters. The Kier molecular flexibility index (Phi) is 2.66. The zero-order valence-corrected chi connectivity index (χ0v) is 11.7. The van der Waals surface area contributed by atoms with E-state index >= 15 is 0 Å². The first-order valence-electron chi connectivity index (χ1n) is 7.08. The van der Waals surface area contributed by atoms with Crippen LogP contribution in [0.25, 0.3) is 16.8 Å². The number of aromatic nitrogens is 3. The van der Waals surface area contributed by atoms with Crippen molar-refractivity contribution in [2.45, 2.75) is 18.4 Å². The van der Waals surface area contributed by atoms with Crippen LogP contribution in [0, 0.1) is 0 Å². The highest BCUT2D eigenvalue weighted by Crippen LogP contribution is 2.45. The van der Waals surface area contributed by atoms with Crippen molar-refractivity contribution >= 4 is 11.7 Å². The van der Waals surface area contributed by atoms with Crippen LogP contribution in [0.5, 0.6) is 0 Å². The molecule has 0 spiro atoms. The first-order valence-corrected chi connectivity index (χ1v) is 7.08. The van der Waals surface area contributed by atoms with Gasteiger partial charge in [0.1, 0.15) is 0 Å². The summed E-state index contributed by atoms with van der Waals surface area (Å²) < 4.78 is 1.73. The number of amides is 1. The Labute approximate surface area is 126 Å². The van der Waals surface area contributed by atoms with Crippen LogP contribution in [-0.2, 0) is 5.54 Å². The molecule has 6 heteroatoms. The maximum atomic E-state index is 10.9. The standard InChI is InChI=1S/C16H14N4O2/c21-15(22)19-16(6-7-16)13-3-1-11(2-4-13)12-9-17-14-5-8-18-20(14)10-12/h1-5,8-10,19H,6-7H2,(H,21,22). The normalized spacial score (nSPS) is 15.6. The predicted octanol–water partition coefficient (Wildman–Crippen LogP) is 2.65. The molecule has 1 fully saturated rings. The van der Waals surface area contributed by atoms with Gasteiger partial charge in [0.05, 0.1) is 11.7 Å². The first-order chi connectivity index (χ1) is 10.7. The maximum absolute atomic E-state index is 10.9. The summed E-state index contributed by atoms with van der Waals surface area (Å²) in [5.41, 5.74) is 3.42. The third kappa shape index (κ3) is 2.09. The SMILES string of the molecule is O=C(O)NC1(c2ccc(-c3cnc4ccnn4c3)cc2)CC1. The summed E-state index contributed by atoms with van der Waals surface area (Å²) in [6, 6.07) is 9.79. The second kappa shape index (κ2) is 4.56. The number of carboxylic acid groups (broad SMARTS) is 1. The minimum atomic E-state index is -0.977. The monoisotopic (exact) mass is 294 g/mol. The number of carbonyl (C=O) groups is 1. The number of fused-ring (bicyclic) bond motifs is 1. The zero-order chi connectivity index (χ0) is 15.2. The molecule has 3 aromatic rings. The lowest BCUT2D eigenvalue weighted by Crippen LogP contribution is -2.33. The molecular weight excluding hydrogens is 280 g/mol. The Morgan fingerprint density at radius 3 is 2.64 bits per heavy atom. The van der Waals surface area contributed by atoms with E-state index in [2.05, 4.69) is 15.4 Å². The number of rotatable bonds is 3. The van der Waals surface area contributed by atoms with Crippen LogP contribution in [0.1, 0.15) is 18.4 Å². The molecule has 6 nitrogen and oxygen atoms in total. The molecule has 0 bridgehead atoms. The van der Waals surface area contributed by atoms with Gasteiger partial charge in [0, 0.05) is 24.0 Å².